The lowest BCUT2D eigenvalue weighted by atomic mass is 10.0. The van der Waals surface area contributed by atoms with Crippen LogP contribution in [0.25, 0.3) is 10.9 Å². The second-order valence-electron chi connectivity index (χ2n) is 8.08. The number of thiophene rings is 1. The van der Waals surface area contributed by atoms with E-state index < -0.39 is 24.5 Å². The van der Waals surface area contributed by atoms with Crippen molar-refractivity contribution in [2.24, 2.45) is 0 Å². The lowest BCUT2D eigenvalue weighted by molar-refractivity contribution is -0.149. The van der Waals surface area contributed by atoms with Crippen LogP contribution in [0.15, 0.2) is 66.2 Å². The Bertz CT molecular complexity index is 1400. The lowest BCUT2D eigenvalue weighted by Crippen LogP contribution is -2.43. The molecule has 0 radical (unpaired) electrons. The number of fused-ring (bicyclic) bond motifs is 2. The highest BCUT2D eigenvalue weighted by Crippen LogP contribution is 2.32. The van der Waals surface area contributed by atoms with Gasteiger partial charge < -0.3 is 29.8 Å². The maximum absolute atomic E-state index is 13.0. The minimum absolute atomic E-state index is 0.198. The van der Waals surface area contributed by atoms with E-state index in [0.717, 1.165) is 16.5 Å². The first-order valence-corrected chi connectivity index (χ1v) is 12.2. The number of aromatic amines is 1. The Balaban J connectivity index is 1.25. The number of ether oxygens (including phenoxy) is 3. The van der Waals surface area contributed by atoms with E-state index in [2.05, 4.69) is 15.6 Å². The van der Waals surface area contributed by atoms with Crippen LogP contribution < -0.4 is 20.1 Å². The Hall–Kier alpha value is -4.31. The minimum Gasteiger partial charge on any atom is -0.486 e. The van der Waals surface area contributed by atoms with Crippen molar-refractivity contribution in [2.45, 2.75) is 12.5 Å². The average Bonchev–Trinajstić information content (AvgIpc) is 3.58. The Morgan fingerprint density at radius 1 is 1.03 bits per heavy atom. The van der Waals surface area contributed by atoms with Crippen LogP contribution in [0, 0.1) is 0 Å². The van der Waals surface area contributed by atoms with Gasteiger partial charge in [-0.1, -0.05) is 24.3 Å². The summed E-state index contributed by atoms with van der Waals surface area (Å²) in [7, 11) is 0. The molecule has 10 heteroatoms. The van der Waals surface area contributed by atoms with Crippen molar-refractivity contribution in [2.75, 3.05) is 25.1 Å². The first kappa shape index (κ1) is 23.4. The molecule has 9 nitrogen and oxygen atoms in total. The van der Waals surface area contributed by atoms with Crippen molar-refractivity contribution in [1.29, 1.82) is 0 Å². The molecular weight excluding hydrogens is 482 g/mol. The molecule has 4 aromatic rings. The topological polar surface area (TPSA) is 119 Å². The molecule has 0 unspecified atom stereocenters. The number of amides is 2. The summed E-state index contributed by atoms with van der Waals surface area (Å²) in [5.74, 6) is -0.469. The number of aromatic nitrogens is 1. The van der Waals surface area contributed by atoms with Gasteiger partial charge in [0, 0.05) is 35.3 Å². The van der Waals surface area contributed by atoms with Crippen molar-refractivity contribution < 1.29 is 28.6 Å². The maximum atomic E-state index is 13.0. The van der Waals surface area contributed by atoms with Gasteiger partial charge in [-0.2, -0.15) is 0 Å². The molecule has 36 heavy (non-hydrogen) atoms. The molecule has 0 saturated heterocycles. The fourth-order valence-electron chi connectivity index (χ4n) is 3.91. The molecule has 0 saturated carbocycles. The van der Waals surface area contributed by atoms with E-state index in [-0.39, 0.29) is 12.3 Å². The van der Waals surface area contributed by atoms with Gasteiger partial charge in [0.2, 0.25) is 0 Å². The largest absolute Gasteiger partial charge is 0.486 e. The normalized spacial score (nSPS) is 13.1. The summed E-state index contributed by atoms with van der Waals surface area (Å²) in [6, 6.07) is 15.2. The van der Waals surface area contributed by atoms with Gasteiger partial charge in [0.1, 0.15) is 19.3 Å². The molecule has 1 atom stereocenters. The molecule has 2 amide bonds. The van der Waals surface area contributed by atoms with Crippen LogP contribution in [0.3, 0.4) is 0 Å². The van der Waals surface area contributed by atoms with E-state index in [1.54, 1.807) is 41.9 Å². The number of carbonyl (C=O) groups is 3. The number of nitrogens with one attached hydrogen (secondary N) is 3. The first-order valence-electron chi connectivity index (χ1n) is 11.3. The fourth-order valence-corrected chi connectivity index (χ4v) is 4.53. The average molecular weight is 506 g/mol. The Morgan fingerprint density at radius 2 is 1.86 bits per heavy atom. The van der Waals surface area contributed by atoms with Crippen LogP contribution in [-0.2, 0) is 20.7 Å². The Labute approximate surface area is 210 Å². The second-order valence-corrected chi connectivity index (χ2v) is 9.03. The molecule has 0 fully saturated rings. The van der Waals surface area contributed by atoms with Gasteiger partial charge in [-0.05, 0) is 35.2 Å². The molecule has 1 aliphatic rings. The number of hydrogen-bond donors (Lipinski definition) is 3. The smallest absolute Gasteiger partial charge is 0.329 e. The van der Waals surface area contributed by atoms with Gasteiger partial charge in [-0.3, -0.25) is 9.59 Å². The minimum atomic E-state index is -0.985. The third-order valence-corrected chi connectivity index (χ3v) is 6.47. The van der Waals surface area contributed by atoms with Crippen LogP contribution in [-0.4, -0.2) is 48.6 Å². The summed E-state index contributed by atoms with van der Waals surface area (Å²) in [6.07, 6.45) is 2.00. The predicted molar refractivity (Wildman–Crippen MR) is 135 cm³/mol. The van der Waals surface area contributed by atoms with Gasteiger partial charge >= 0.3 is 5.97 Å². The molecule has 0 bridgehead atoms. The summed E-state index contributed by atoms with van der Waals surface area (Å²) in [6.45, 7) is 0.390. The molecule has 3 heterocycles. The highest BCUT2D eigenvalue weighted by molar-refractivity contribution is 7.12. The number of rotatable bonds is 8. The van der Waals surface area contributed by atoms with Crippen LogP contribution >= 0.6 is 11.3 Å². The number of esters is 1. The van der Waals surface area contributed by atoms with Crippen molar-refractivity contribution >= 4 is 45.7 Å². The van der Waals surface area contributed by atoms with Crippen molar-refractivity contribution in [1.82, 2.24) is 10.3 Å². The van der Waals surface area contributed by atoms with Gasteiger partial charge in [0.15, 0.2) is 18.1 Å². The van der Waals surface area contributed by atoms with E-state index in [9.17, 15) is 14.4 Å². The summed E-state index contributed by atoms with van der Waals surface area (Å²) in [5.41, 5.74) is 2.25. The van der Waals surface area contributed by atoms with Gasteiger partial charge in [0.25, 0.3) is 11.8 Å². The highest BCUT2D eigenvalue weighted by Gasteiger charge is 2.26. The maximum Gasteiger partial charge on any atom is 0.329 e. The quantitative estimate of drug-likeness (QED) is 0.315. The summed E-state index contributed by atoms with van der Waals surface area (Å²) < 4.78 is 16.3. The standard InChI is InChI=1S/C26H23N3O6S/c30-24(28-17-7-8-21-22(13-17)34-10-9-33-21)15-35-26(32)20(29-25(31)23-6-3-11-36-23)12-16-14-27-19-5-2-1-4-18(16)19/h1-8,11,13-14,20,27H,9-10,12,15H2,(H,28,30)(H,29,31)/t20-/m0/s1. The van der Waals surface area contributed by atoms with Crippen LogP contribution in [0.2, 0.25) is 0 Å². The van der Waals surface area contributed by atoms with Crippen LogP contribution in [0.5, 0.6) is 11.5 Å². The van der Waals surface area contributed by atoms with Crippen molar-refractivity contribution in [3.63, 3.8) is 0 Å². The third kappa shape index (κ3) is 5.33. The van der Waals surface area contributed by atoms with E-state index in [1.165, 1.54) is 11.3 Å². The van der Waals surface area contributed by atoms with Gasteiger partial charge in [0.05, 0.1) is 4.88 Å². The number of para-hydroxylation sites is 1. The lowest BCUT2D eigenvalue weighted by Gasteiger charge is -2.19. The molecule has 2 aromatic carbocycles. The molecule has 0 aliphatic carbocycles. The molecule has 184 valence electrons. The zero-order valence-corrected chi connectivity index (χ0v) is 19.9. The van der Waals surface area contributed by atoms with Crippen LogP contribution in [0.1, 0.15) is 15.2 Å². The SMILES string of the molecule is O=C(COC(=O)[C@H](Cc1c[nH]c2ccccc12)NC(=O)c1cccs1)Nc1ccc2c(c1)OCCO2. The molecule has 1 aliphatic heterocycles. The van der Waals surface area contributed by atoms with E-state index >= 15 is 0 Å². The number of benzene rings is 2. The fraction of sp³-hybridized carbons (Fsp3) is 0.192. The van der Waals surface area contributed by atoms with E-state index in [0.29, 0.717) is 35.3 Å². The number of anilines is 1. The highest BCUT2D eigenvalue weighted by atomic mass is 32.1. The molecular formula is C26H23N3O6S. The first-order chi connectivity index (χ1) is 17.6. The van der Waals surface area contributed by atoms with Crippen molar-refractivity contribution in [3.05, 3.63) is 76.6 Å². The summed E-state index contributed by atoms with van der Waals surface area (Å²) in [4.78, 5) is 41.8. The van der Waals surface area contributed by atoms with Gasteiger partial charge in [-0.15, -0.1) is 11.3 Å². The zero-order valence-electron chi connectivity index (χ0n) is 19.1. The molecule has 3 N–H and O–H groups in total. The Kier molecular flexibility index (Phi) is 6.85. The van der Waals surface area contributed by atoms with E-state index in [1.807, 2.05) is 24.3 Å². The molecule has 5 rings (SSSR count). The zero-order chi connectivity index (χ0) is 24.9. The monoisotopic (exact) mass is 505 g/mol. The van der Waals surface area contributed by atoms with Crippen LogP contribution in [0.4, 0.5) is 5.69 Å². The second kappa shape index (κ2) is 10.5. The Morgan fingerprint density at radius 3 is 2.69 bits per heavy atom. The van der Waals surface area contributed by atoms with Crippen molar-refractivity contribution in [3.8, 4) is 11.5 Å². The third-order valence-electron chi connectivity index (χ3n) is 5.61. The number of hydrogen-bond acceptors (Lipinski definition) is 7. The predicted octanol–water partition coefficient (Wildman–Crippen LogP) is 3.52. The number of H-pyrrole nitrogens is 1. The molecule has 2 aromatic heterocycles. The summed E-state index contributed by atoms with van der Waals surface area (Å²) >= 11 is 1.27. The van der Waals surface area contributed by atoms with E-state index in [4.69, 9.17) is 14.2 Å². The molecule has 0 spiro atoms. The number of carbonyl (C=O) groups excluding carboxylic acids is 3. The van der Waals surface area contributed by atoms with Gasteiger partial charge in [-0.25, -0.2) is 4.79 Å². The summed E-state index contributed by atoms with van der Waals surface area (Å²) in [5, 5.41) is 8.15.